The maximum absolute atomic E-state index is 13.4. The Morgan fingerprint density at radius 2 is 1.41 bits per heavy atom. The molecule has 27 heavy (non-hydrogen) atoms. The summed E-state index contributed by atoms with van der Waals surface area (Å²) in [5, 5.41) is 8.76. The van der Waals surface area contributed by atoms with E-state index in [4.69, 9.17) is 4.74 Å². The van der Waals surface area contributed by atoms with Crippen LogP contribution in [0.15, 0.2) is 30.3 Å². The van der Waals surface area contributed by atoms with E-state index in [0.29, 0.717) is 6.54 Å². The van der Waals surface area contributed by atoms with Crippen LogP contribution >= 0.6 is 0 Å². The molecule has 0 atom stereocenters. The van der Waals surface area contributed by atoms with Gasteiger partial charge in [-0.3, -0.25) is 4.90 Å². The van der Waals surface area contributed by atoms with Gasteiger partial charge in [-0.15, -0.1) is 10.2 Å². The van der Waals surface area contributed by atoms with Crippen molar-refractivity contribution in [1.82, 2.24) is 15.1 Å². The topological polar surface area (TPSA) is 44.7 Å². The Morgan fingerprint density at radius 3 is 2.00 bits per heavy atom. The van der Waals surface area contributed by atoms with E-state index in [0.717, 1.165) is 69.7 Å². The van der Waals surface area contributed by atoms with Crippen LogP contribution in [0.4, 0.5) is 20.4 Å². The molecule has 0 saturated carbocycles. The number of anilines is 2. The van der Waals surface area contributed by atoms with Crippen LogP contribution in [-0.2, 0) is 11.3 Å². The molecule has 0 N–H and O–H groups in total. The Bertz CT molecular complexity index is 759. The van der Waals surface area contributed by atoms with Gasteiger partial charge < -0.3 is 14.5 Å². The molecule has 2 fully saturated rings. The SMILES string of the molecule is Fc1ccc(CN2CCN(c3ccc(N4CCOCC4)nn3)CC2)cc1F. The molecule has 2 aliphatic heterocycles. The van der Waals surface area contributed by atoms with Crippen LogP contribution in [0.25, 0.3) is 0 Å². The lowest BCUT2D eigenvalue weighted by Crippen LogP contribution is -2.46. The van der Waals surface area contributed by atoms with Crippen molar-refractivity contribution in [3.63, 3.8) is 0 Å². The lowest BCUT2D eigenvalue weighted by Gasteiger charge is -2.35. The van der Waals surface area contributed by atoms with Gasteiger partial charge in [0, 0.05) is 45.8 Å². The summed E-state index contributed by atoms with van der Waals surface area (Å²) in [6, 6.07) is 8.13. The van der Waals surface area contributed by atoms with Crippen molar-refractivity contribution in [2.45, 2.75) is 6.54 Å². The minimum absolute atomic E-state index is 0.618. The van der Waals surface area contributed by atoms with Gasteiger partial charge in [-0.25, -0.2) is 8.78 Å². The van der Waals surface area contributed by atoms with E-state index >= 15 is 0 Å². The maximum atomic E-state index is 13.4. The third-order valence-corrected chi connectivity index (χ3v) is 5.06. The number of piperazine rings is 1. The first-order chi connectivity index (χ1) is 13.2. The minimum Gasteiger partial charge on any atom is -0.378 e. The van der Waals surface area contributed by atoms with Gasteiger partial charge in [0.1, 0.15) is 0 Å². The molecule has 3 heterocycles. The van der Waals surface area contributed by atoms with Crippen LogP contribution < -0.4 is 9.80 Å². The Hall–Kier alpha value is -2.32. The van der Waals surface area contributed by atoms with Crippen LogP contribution in [0.5, 0.6) is 0 Å². The zero-order valence-electron chi connectivity index (χ0n) is 15.2. The monoisotopic (exact) mass is 375 g/mol. The first kappa shape index (κ1) is 18.1. The second kappa shape index (κ2) is 8.14. The molecular formula is C19H23F2N5O. The standard InChI is InChI=1S/C19H23F2N5O/c20-16-2-1-15(13-17(16)21)14-24-5-7-25(8-6-24)18-3-4-19(23-22-18)26-9-11-27-12-10-26/h1-4,13H,5-12,14H2. The molecule has 0 bridgehead atoms. The van der Waals surface area contributed by atoms with E-state index in [1.54, 1.807) is 6.07 Å². The number of halogens is 2. The largest absolute Gasteiger partial charge is 0.378 e. The molecule has 2 aromatic rings. The second-order valence-electron chi connectivity index (χ2n) is 6.86. The first-order valence-electron chi connectivity index (χ1n) is 9.27. The molecule has 0 aliphatic carbocycles. The number of benzene rings is 1. The highest BCUT2D eigenvalue weighted by molar-refractivity contribution is 5.45. The average molecular weight is 375 g/mol. The highest BCUT2D eigenvalue weighted by Crippen LogP contribution is 2.18. The fourth-order valence-corrected chi connectivity index (χ4v) is 3.48. The van der Waals surface area contributed by atoms with Gasteiger partial charge in [0.2, 0.25) is 0 Å². The first-order valence-corrected chi connectivity index (χ1v) is 9.27. The molecule has 0 unspecified atom stereocenters. The van der Waals surface area contributed by atoms with Gasteiger partial charge >= 0.3 is 0 Å². The lowest BCUT2D eigenvalue weighted by molar-refractivity contribution is 0.122. The lowest BCUT2D eigenvalue weighted by atomic mass is 10.2. The summed E-state index contributed by atoms with van der Waals surface area (Å²) in [5.74, 6) is 0.169. The third kappa shape index (κ3) is 4.33. The number of morpholine rings is 1. The molecule has 0 spiro atoms. The maximum Gasteiger partial charge on any atom is 0.159 e. The van der Waals surface area contributed by atoms with Crippen LogP contribution in [0.3, 0.4) is 0 Å². The smallest absolute Gasteiger partial charge is 0.159 e. The van der Waals surface area contributed by atoms with Crippen LogP contribution in [0, 0.1) is 11.6 Å². The summed E-state index contributed by atoms with van der Waals surface area (Å²) in [6.45, 7) is 7.09. The van der Waals surface area contributed by atoms with Crippen LogP contribution in [0.1, 0.15) is 5.56 Å². The Labute approximate surface area is 157 Å². The number of hydrogen-bond donors (Lipinski definition) is 0. The summed E-state index contributed by atoms with van der Waals surface area (Å²) in [6.07, 6.45) is 0. The summed E-state index contributed by atoms with van der Waals surface area (Å²) >= 11 is 0. The van der Waals surface area contributed by atoms with E-state index in [-0.39, 0.29) is 0 Å². The van der Waals surface area contributed by atoms with Crippen molar-refractivity contribution in [3.8, 4) is 0 Å². The van der Waals surface area contributed by atoms with Gasteiger partial charge in [0.05, 0.1) is 13.2 Å². The molecular weight excluding hydrogens is 352 g/mol. The van der Waals surface area contributed by atoms with E-state index in [9.17, 15) is 8.78 Å². The van der Waals surface area contributed by atoms with Crippen LogP contribution in [0.2, 0.25) is 0 Å². The molecule has 8 heteroatoms. The Morgan fingerprint density at radius 1 is 0.778 bits per heavy atom. The highest BCUT2D eigenvalue weighted by atomic mass is 19.2. The van der Waals surface area contributed by atoms with E-state index in [2.05, 4.69) is 24.9 Å². The molecule has 1 aromatic heterocycles. The Kier molecular flexibility index (Phi) is 5.45. The van der Waals surface area contributed by atoms with Crippen LogP contribution in [-0.4, -0.2) is 67.6 Å². The molecule has 2 saturated heterocycles. The molecule has 0 radical (unpaired) electrons. The summed E-state index contributed by atoms with van der Waals surface area (Å²) < 4.78 is 31.8. The summed E-state index contributed by atoms with van der Waals surface area (Å²) in [5.41, 5.74) is 0.789. The molecule has 4 rings (SSSR count). The highest BCUT2D eigenvalue weighted by Gasteiger charge is 2.20. The number of ether oxygens (including phenoxy) is 1. The predicted octanol–water partition coefficient (Wildman–Crippen LogP) is 1.91. The summed E-state index contributed by atoms with van der Waals surface area (Å²) in [7, 11) is 0. The fourth-order valence-electron chi connectivity index (χ4n) is 3.48. The van der Waals surface area contributed by atoms with Gasteiger partial charge in [0.15, 0.2) is 23.3 Å². The molecule has 144 valence electrons. The van der Waals surface area contributed by atoms with E-state index in [1.807, 2.05) is 12.1 Å². The average Bonchev–Trinajstić information content (AvgIpc) is 2.72. The Balaban J connectivity index is 1.31. The van der Waals surface area contributed by atoms with Gasteiger partial charge in [0.25, 0.3) is 0 Å². The third-order valence-electron chi connectivity index (χ3n) is 5.06. The predicted molar refractivity (Wildman–Crippen MR) is 98.9 cm³/mol. The molecule has 1 aromatic carbocycles. The van der Waals surface area contributed by atoms with Crippen molar-refractivity contribution in [2.75, 3.05) is 62.3 Å². The van der Waals surface area contributed by atoms with Crippen molar-refractivity contribution in [2.24, 2.45) is 0 Å². The normalized spacial score (nSPS) is 18.7. The number of hydrogen-bond acceptors (Lipinski definition) is 6. The van der Waals surface area contributed by atoms with Gasteiger partial charge in [-0.1, -0.05) is 6.07 Å². The number of rotatable bonds is 4. The van der Waals surface area contributed by atoms with Gasteiger partial charge in [-0.2, -0.15) is 0 Å². The van der Waals surface area contributed by atoms with Crippen molar-refractivity contribution in [3.05, 3.63) is 47.5 Å². The second-order valence-corrected chi connectivity index (χ2v) is 6.86. The fraction of sp³-hybridized carbons (Fsp3) is 0.474. The van der Waals surface area contributed by atoms with E-state index < -0.39 is 11.6 Å². The molecule has 2 aliphatic rings. The number of aromatic nitrogens is 2. The molecule has 0 amide bonds. The zero-order chi connectivity index (χ0) is 18.6. The quantitative estimate of drug-likeness (QED) is 0.814. The van der Waals surface area contributed by atoms with Gasteiger partial charge in [-0.05, 0) is 29.8 Å². The van der Waals surface area contributed by atoms with Crippen molar-refractivity contribution in [1.29, 1.82) is 0 Å². The van der Waals surface area contributed by atoms with E-state index in [1.165, 1.54) is 12.1 Å². The minimum atomic E-state index is -0.803. The van der Waals surface area contributed by atoms with Crippen molar-refractivity contribution < 1.29 is 13.5 Å². The van der Waals surface area contributed by atoms with Crippen molar-refractivity contribution >= 4 is 11.6 Å². The number of nitrogens with zero attached hydrogens (tertiary/aromatic N) is 5. The summed E-state index contributed by atoms with van der Waals surface area (Å²) in [4.78, 5) is 6.62. The zero-order valence-corrected chi connectivity index (χ0v) is 15.2. The molecule has 6 nitrogen and oxygen atoms in total.